The zero-order valence-corrected chi connectivity index (χ0v) is 17.2. The Balaban J connectivity index is 1.68. The van der Waals surface area contributed by atoms with Gasteiger partial charge < -0.3 is 10.1 Å². The smallest absolute Gasteiger partial charge is 0.339 e. The van der Waals surface area contributed by atoms with Crippen LogP contribution in [0.15, 0.2) is 72.9 Å². The van der Waals surface area contributed by atoms with E-state index in [0.29, 0.717) is 21.8 Å². The number of rotatable bonds is 5. The molecule has 4 aromatic rings. The third-order valence-corrected chi connectivity index (χ3v) is 5.00. The van der Waals surface area contributed by atoms with E-state index in [1.807, 2.05) is 36.4 Å². The molecule has 2 N–H and O–H groups in total. The minimum absolute atomic E-state index is 0.150. The molecule has 8 heteroatoms. The number of hydrogen-bond acceptors (Lipinski definition) is 5. The van der Waals surface area contributed by atoms with Crippen molar-refractivity contribution < 1.29 is 14.3 Å². The van der Waals surface area contributed by atoms with Gasteiger partial charge in [0.25, 0.3) is 5.91 Å². The third-order valence-electron chi connectivity index (χ3n) is 4.68. The summed E-state index contributed by atoms with van der Waals surface area (Å²) in [5.41, 5.74) is 3.67. The van der Waals surface area contributed by atoms with Crippen LogP contribution in [0.1, 0.15) is 20.7 Å². The molecule has 0 spiro atoms. The molecule has 0 saturated carbocycles. The summed E-state index contributed by atoms with van der Waals surface area (Å²) < 4.78 is 4.88. The van der Waals surface area contributed by atoms with Crippen molar-refractivity contribution in [2.45, 2.75) is 0 Å². The number of carbonyl (C=O) groups is 2. The molecule has 7 nitrogen and oxygen atoms in total. The van der Waals surface area contributed by atoms with Gasteiger partial charge in [0, 0.05) is 11.1 Å². The molecule has 0 radical (unpaired) electrons. The van der Waals surface area contributed by atoms with E-state index >= 15 is 0 Å². The average Bonchev–Trinajstić information content (AvgIpc) is 3.34. The predicted molar refractivity (Wildman–Crippen MR) is 118 cm³/mol. The van der Waals surface area contributed by atoms with E-state index in [9.17, 15) is 9.59 Å². The monoisotopic (exact) mass is 432 g/mol. The second kappa shape index (κ2) is 8.81. The summed E-state index contributed by atoms with van der Waals surface area (Å²) in [5, 5.41) is 13.3. The summed E-state index contributed by atoms with van der Waals surface area (Å²) in [6.07, 6.45) is 1.48. The highest BCUT2D eigenvalue weighted by molar-refractivity contribution is 6.34. The van der Waals surface area contributed by atoms with E-state index in [4.69, 9.17) is 16.3 Å². The highest BCUT2D eigenvalue weighted by atomic mass is 35.5. The molecular weight excluding hydrogens is 416 g/mol. The number of hydrogen-bond donors (Lipinski definition) is 2. The normalized spacial score (nSPS) is 10.5. The molecule has 154 valence electrons. The van der Waals surface area contributed by atoms with E-state index < -0.39 is 5.97 Å². The van der Waals surface area contributed by atoms with Crippen molar-refractivity contribution >= 4 is 29.2 Å². The molecule has 31 heavy (non-hydrogen) atoms. The molecule has 0 aliphatic rings. The standard InChI is InChI=1S/C23H17ClN4O3/c1-31-23(30)18-11-17(21-13-25-28-27-21)19(24)12-20(18)26-22(29)16-9-5-8-15(10-16)14-6-3-2-4-7-14/h2-13H,1H3,(H,26,29)(H,25,27,28). The van der Waals surface area contributed by atoms with Crippen LogP contribution in [-0.2, 0) is 4.74 Å². The third kappa shape index (κ3) is 4.31. The van der Waals surface area contributed by atoms with Crippen LogP contribution < -0.4 is 5.32 Å². The van der Waals surface area contributed by atoms with Crippen LogP contribution in [0, 0.1) is 0 Å². The first-order valence-electron chi connectivity index (χ1n) is 9.31. The van der Waals surface area contributed by atoms with Crippen LogP contribution in [-0.4, -0.2) is 34.4 Å². The summed E-state index contributed by atoms with van der Waals surface area (Å²) in [6, 6.07) is 20.0. The van der Waals surface area contributed by atoms with E-state index in [0.717, 1.165) is 11.1 Å². The Labute approximate surface area is 183 Å². The topological polar surface area (TPSA) is 97.0 Å². The van der Waals surface area contributed by atoms with Gasteiger partial charge in [0.15, 0.2) is 0 Å². The molecule has 0 saturated heterocycles. The molecule has 0 atom stereocenters. The molecule has 1 heterocycles. The number of aromatic nitrogens is 3. The fourth-order valence-corrected chi connectivity index (χ4v) is 3.41. The number of halogens is 1. The van der Waals surface area contributed by atoms with Crippen LogP contribution in [0.2, 0.25) is 5.02 Å². The van der Waals surface area contributed by atoms with Crippen molar-refractivity contribution in [3.8, 4) is 22.4 Å². The van der Waals surface area contributed by atoms with Crippen molar-refractivity contribution in [2.75, 3.05) is 12.4 Å². The second-order valence-electron chi connectivity index (χ2n) is 6.63. The van der Waals surface area contributed by atoms with Crippen LogP contribution in [0.4, 0.5) is 5.69 Å². The Morgan fingerprint density at radius 3 is 2.48 bits per heavy atom. The maximum absolute atomic E-state index is 13.0. The molecule has 3 aromatic carbocycles. The number of nitrogens with one attached hydrogen (secondary N) is 2. The van der Waals surface area contributed by atoms with Crippen molar-refractivity contribution in [3.05, 3.63) is 89.1 Å². The average molecular weight is 433 g/mol. The van der Waals surface area contributed by atoms with Gasteiger partial charge >= 0.3 is 5.97 Å². The molecule has 1 aromatic heterocycles. The molecule has 0 aliphatic heterocycles. The fourth-order valence-electron chi connectivity index (χ4n) is 3.15. The molecule has 4 rings (SSSR count). The SMILES string of the molecule is COC(=O)c1cc(-c2cn[nH]n2)c(Cl)cc1NC(=O)c1cccc(-c2ccccc2)c1. The highest BCUT2D eigenvalue weighted by Crippen LogP contribution is 2.32. The minimum Gasteiger partial charge on any atom is -0.465 e. The number of benzene rings is 3. The van der Waals surface area contributed by atoms with Crippen molar-refractivity contribution in [1.82, 2.24) is 15.4 Å². The number of aromatic amines is 1. The van der Waals surface area contributed by atoms with Gasteiger partial charge in [-0.2, -0.15) is 15.4 Å². The van der Waals surface area contributed by atoms with E-state index in [1.165, 1.54) is 25.4 Å². The summed E-state index contributed by atoms with van der Waals surface area (Å²) in [5.74, 6) is -0.997. The molecular formula is C23H17ClN4O3. The van der Waals surface area contributed by atoms with Gasteiger partial charge in [-0.15, -0.1) is 0 Å². The Bertz CT molecular complexity index is 1240. The minimum atomic E-state index is -0.616. The lowest BCUT2D eigenvalue weighted by Crippen LogP contribution is -2.16. The van der Waals surface area contributed by atoms with E-state index in [2.05, 4.69) is 20.7 Å². The number of carbonyl (C=O) groups excluding carboxylic acids is 2. The number of esters is 1. The number of anilines is 1. The summed E-state index contributed by atoms with van der Waals surface area (Å²) in [7, 11) is 1.27. The van der Waals surface area contributed by atoms with E-state index in [-0.39, 0.29) is 17.2 Å². The molecule has 1 amide bonds. The first-order chi connectivity index (χ1) is 15.1. The fraction of sp³-hybridized carbons (Fsp3) is 0.0435. The number of nitrogens with zero attached hydrogens (tertiary/aromatic N) is 2. The lowest BCUT2D eigenvalue weighted by molar-refractivity contribution is 0.0602. The Kier molecular flexibility index (Phi) is 5.77. The predicted octanol–water partition coefficient (Wildman–Crippen LogP) is 4.83. The van der Waals surface area contributed by atoms with Crippen LogP contribution >= 0.6 is 11.6 Å². The largest absolute Gasteiger partial charge is 0.465 e. The Hall–Kier alpha value is -3.97. The van der Waals surface area contributed by atoms with Gasteiger partial charge in [-0.3, -0.25) is 4.79 Å². The maximum Gasteiger partial charge on any atom is 0.339 e. The number of amides is 1. The zero-order valence-electron chi connectivity index (χ0n) is 16.4. The molecule has 0 fully saturated rings. The first-order valence-corrected chi connectivity index (χ1v) is 9.69. The van der Waals surface area contributed by atoms with Gasteiger partial charge in [0.1, 0.15) is 5.69 Å². The van der Waals surface area contributed by atoms with Crippen molar-refractivity contribution in [2.24, 2.45) is 0 Å². The van der Waals surface area contributed by atoms with Gasteiger partial charge in [-0.1, -0.05) is 54.1 Å². The summed E-state index contributed by atoms with van der Waals surface area (Å²) in [4.78, 5) is 25.3. The second-order valence-corrected chi connectivity index (χ2v) is 7.03. The van der Waals surface area contributed by atoms with Crippen LogP contribution in [0.3, 0.4) is 0 Å². The van der Waals surface area contributed by atoms with Crippen LogP contribution in [0.25, 0.3) is 22.4 Å². The molecule has 0 aliphatic carbocycles. The molecule has 0 bridgehead atoms. The highest BCUT2D eigenvalue weighted by Gasteiger charge is 2.20. The molecule has 0 unspecified atom stereocenters. The van der Waals surface area contributed by atoms with Crippen LogP contribution in [0.5, 0.6) is 0 Å². The van der Waals surface area contributed by atoms with Gasteiger partial charge in [-0.25, -0.2) is 4.79 Å². The zero-order chi connectivity index (χ0) is 21.8. The van der Waals surface area contributed by atoms with Gasteiger partial charge in [0.2, 0.25) is 0 Å². The maximum atomic E-state index is 13.0. The lowest BCUT2D eigenvalue weighted by atomic mass is 10.0. The lowest BCUT2D eigenvalue weighted by Gasteiger charge is -2.13. The van der Waals surface area contributed by atoms with Gasteiger partial charge in [0.05, 0.1) is 29.6 Å². The summed E-state index contributed by atoms with van der Waals surface area (Å²) in [6.45, 7) is 0. The number of H-pyrrole nitrogens is 1. The number of ether oxygens (including phenoxy) is 1. The van der Waals surface area contributed by atoms with Crippen molar-refractivity contribution in [1.29, 1.82) is 0 Å². The quantitative estimate of drug-likeness (QED) is 0.440. The van der Waals surface area contributed by atoms with Gasteiger partial charge in [-0.05, 0) is 35.4 Å². The first kappa shape index (κ1) is 20.3. The van der Waals surface area contributed by atoms with Crippen molar-refractivity contribution in [3.63, 3.8) is 0 Å². The number of methoxy groups -OCH3 is 1. The Morgan fingerprint density at radius 2 is 1.77 bits per heavy atom. The Morgan fingerprint density at radius 1 is 1.00 bits per heavy atom. The van der Waals surface area contributed by atoms with E-state index in [1.54, 1.807) is 18.2 Å². The summed E-state index contributed by atoms with van der Waals surface area (Å²) >= 11 is 6.39.